The van der Waals surface area contributed by atoms with Crippen molar-refractivity contribution >= 4 is 15.5 Å². The molecule has 0 saturated carbocycles. The fraction of sp³-hybridized carbons (Fsp3) is 0.333. The Morgan fingerprint density at radius 2 is 1.70 bits per heavy atom. The van der Waals surface area contributed by atoms with Gasteiger partial charge in [-0.2, -0.15) is 13.2 Å². The average Bonchev–Trinajstić information content (AvgIpc) is 2.69. The summed E-state index contributed by atoms with van der Waals surface area (Å²) in [6, 6.07) is 9.58. The largest absolute Gasteiger partial charge is 0.417 e. The Kier molecular flexibility index (Phi) is 6.26. The lowest BCUT2D eigenvalue weighted by Crippen LogP contribution is -2.50. The van der Waals surface area contributed by atoms with Crippen molar-refractivity contribution in [3.8, 4) is 11.1 Å². The predicted octanol–water partition coefficient (Wildman–Crippen LogP) is 3.49. The lowest BCUT2D eigenvalue weighted by atomic mass is 9.98. The quantitative estimate of drug-likeness (QED) is 0.571. The number of sulfone groups is 1. The Balaban J connectivity index is 2.23. The van der Waals surface area contributed by atoms with Crippen molar-refractivity contribution in [1.82, 2.24) is 9.80 Å². The zero-order chi connectivity index (χ0) is 22.1. The van der Waals surface area contributed by atoms with E-state index in [-0.39, 0.29) is 11.3 Å². The molecule has 1 heterocycles. The van der Waals surface area contributed by atoms with Crippen molar-refractivity contribution in [2.75, 3.05) is 39.0 Å². The molecule has 1 unspecified atom stereocenters. The standard InChI is InChI=1S/C21H24F3N3O2S/c1-3-19(27-11-9-26(2)10-12-27)30(28,29)18-14-16(25)13-17(21(22,23)24)20(18)15-7-5-4-6-8-15/h3-8,13-14,19H,1,9-12,25H2,2H3. The summed E-state index contributed by atoms with van der Waals surface area (Å²) >= 11 is 0. The first kappa shape index (κ1) is 22.3. The van der Waals surface area contributed by atoms with Crippen LogP contribution in [0.25, 0.3) is 11.1 Å². The molecule has 1 aliphatic rings. The van der Waals surface area contributed by atoms with E-state index in [1.807, 2.05) is 7.05 Å². The van der Waals surface area contributed by atoms with Gasteiger partial charge in [0, 0.05) is 37.4 Å². The van der Waals surface area contributed by atoms with Gasteiger partial charge in [-0.25, -0.2) is 8.42 Å². The number of nitrogen functional groups attached to an aromatic ring is 1. The normalized spacial score (nSPS) is 17.6. The summed E-state index contributed by atoms with van der Waals surface area (Å²) in [5.41, 5.74) is 4.16. The number of likely N-dealkylation sites (N-methyl/N-ethyl adjacent to an activating group) is 1. The highest BCUT2D eigenvalue weighted by Gasteiger charge is 2.40. The van der Waals surface area contributed by atoms with Gasteiger partial charge in [0.1, 0.15) is 5.37 Å². The molecular formula is C21H24F3N3O2S. The van der Waals surface area contributed by atoms with Crippen LogP contribution in [0.15, 0.2) is 60.0 Å². The zero-order valence-corrected chi connectivity index (χ0v) is 17.4. The van der Waals surface area contributed by atoms with Crippen LogP contribution in [0.3, 0.4) is 0 Å². The third-order valence-electron chi connectivity index (χ3n) is 5.22. The molecule has 2 aromatic rings. The van der Waals surface area contributed by atoms with Crippen LogP contribution >= 0.6 is 0 Å². The maximum absolute atomic E-state index is 13.9. The number of hydrogen-bond acceptors (Lipinski definition) is 5. The number of rotatable bonds is 5. The van der Waals surface area contributed by atoms with E-state index >= 15 is 0 Å². The van der Waals surface area contributed by atoms with Crippen LogP contribution in [-0.4, -0.2) is 56.8 Å². The predicted molar refractivity (Wildman–Crippen MR) is 112 cm³/mol. The van der Waals surface area contributed by atoms with Gasteiger partial charge in [-0.05, 0) is 24.7 Å². The summed E-state index contributed by atoms with van der Waals surface area (Å²) in [6.45, 7) is 5.87. The van der Waals surface area contributed by atoms with Crippen LogP contribution in [0.5, 0.6) is 0 Å². The third-order valence-corrected chi connectivity index (χ3v) is 7.28. The van der Waals surface area contributed by atoms with Crippen molar-refractivity contribution in [3.05, 3.63) is 60.7 Å². The van der Waals surface area contributed by atoms with E-state index in [1.54, 1.807) is 23.1 Å². The monoisotopic (exact) mass is 439 g/mol. The minimum Gasteiger partial charge on any atom is -0.399 e. The molecule has 9 heteroatoms. The molecule has 1 aliphatic heterocycles. The van der Waals surface area contributed by atoms with Gasteiger partial charge in [0.15, 0.2) is 9.84 Å². The Morgan fingerprint density at radius 3 is 2.23 bits per heavy atom. The van der Waals surface area contributed by atoms with Crippen molar-refractivity contribution in [3.63, 3.8) is 0 Å². The average molecular weight is 440 g/mol. The van der Waals surface area contributed by atoms with Crippen molar-refractivity contribution in [2.45, 2.75) is 16.4 Å². The highest BCUT2D eigenvalue weighted by atomic mass is 32.2. The Morgan fingerprint density at radius 1 is 1.10 bits per heavy atom. The fourth-order valence-electron chi connectivity index (χ4n) is 3.67. The van der Waals surface area contributed by atoms with E-state index in [0.29, 0.717) is 26.2 Å². The van der Waals surface area contributed by atoms with Crippen LogP contribution in [0.1, 0.15) is 5.56 Å². The van der Waals surface area contributed by atoms with Crippen LogP contribution < -0.4 is 5.73 Å². The van der Waals surface area contributed by atoms with Crippen LogP contribution in [-0.2, 0) is 16.0 Å². The molecule has 0 aliphatic carbocycles. The lowest BCUT2D eigenvalue weighted by molar-refractivity contribution is -0.137. The van der Waals surface area contributed by atoms with Gasteiger partial charge in [0.25, 0.3) is 0 Å². The molecule has 2 aromatic carbocycles. The molecule has 5 nitrogen and oxygen atoms in total. The van der Waals surface area contributed by atoms with Crippen molar-refractivity contribution in [2.24, 2.45) is 0 Å². The number of nitrogens with two attached hydrogens (primary N) is 1. The summed E-state index contributed by atoms with van der Waals surface area (Å²) in [4.78, 5) is 3.33. The topological polar surface area (TPSA) is 66.6 Å². The molecule has 0 spiro atoms. The molecule has 3 rings (SSSR count). The number of halogens is 3. The molecule has 0 bridgehead atoms. The molecule has 30 heavy (non-hydrogen) atoms. The van der Waals surface area contributed by atoms with Gasteiger partial charge in [0.2, 0.25) is 0 Å². The summed E-state index contributed by atoms with van der Waals surface area (Å²) < 4.78 is 68.9. The lowest BCUT2D eigenvalue weighted by Gasteiger charge is -2.36. The van der Waals surface area contributed by atoms with Gasteiger partial charge >= 0.3 is 6.18 Å². The molecule has 0 radical (unpaired) electrons. The summed E-state index contributed by atoms with van der Waals surface area (Å²) in [5.74, 6) is 0. The maximum Gasteiger partial charge on any atom is 0.417 e. The number of piperazine rings is 1. The van der Waals surface area contributed by atoms with Crippen LogP contribution in [0.2, 0.25) is 0 Å². The molecule has 1 saturated heterocycles. The molecule has 1 atom stereocenters. The minimum atomic E-state index is -4.78. The Bertz CT molecular complexity index is 1020. The number of nitrogens with zero attached hydrogens (tertiary/aromatic N) is 2. The van der Waals surface area contributed by atoms with E-state index in [1.165, 1.54) is 18.2 Å². The van der Waals surface area contributed by atoms with E-state index < -0.39 is 37.4 Å². The molecule has 162 valence electrons. The molecular weight excluding hydrogens is 415 g/mol. The van der Waals surface area contributed by atoms with Gasteiger partial charge in [-0.1, -0.05) is 36.4 Å². The highest BCUT2D eigenvalue weighted by Crippen LogP contribution is 2.43. The third kappa shape index (κ3) is 4.38. The number of hydrogen-bond donors (Lipinski definition) is 1. The first-order valence-corrected chi connectivity index (χ1v) is 11.0. The smallest absolute Gasteiger partial charge is 0.399 e. The van der Waals surface area contributed by atoms with E-state index in [4.69, 9.17) is 5.73 Å². The maximum atomic E-state index is 13.9. The Labute approximate surface area is 174 Å². The van der Waals surface area contributed by atoms with Crippen molar-refractivity contribution in [1.29, 1.82) is 0 Å². The van der Waals surface area contributed by atoms with Crippen LogP contribution in [0.4, 0.5) is 18.9 Å². The zero-order valence-electron chi connectivity index (χ0n) is 16.6. The van der Waals surface area contributed by atoms with Gasteiger partial charge in [0.05, 0.1) is 10.5 Å². The number of benzene rings is 2. The SMILES string of the molecule is C=CC(N1CCN(C)CC1)S(=O)(=O)c1cc(N)cc(C(F)(F)F)c1-c1ccccc1. The summed E-state index contributed by atoms with van der Waals surface area (Å²) in [6.07, 6.45) is -3.51. The van der Waals surface area contributed by atoms with E-state index in [2.05, 4.69) is 11.5 Å². The first-order valence-electron chi connectivity index (χ1n) is 9.41. The highest BCUT2D eigenvalue weighted by molar-refractivity contribution is 7.92. The molecule has 0 aromatic heterocycles. The second kappa shape index (κ2) is 8.41. The second-order valence-corrected chi connectivity index (χ2v) is 9.33. The second-order valence-electron chi connectivity index (χ2n) is 7.32. The van der Waals surface area contributed by atoms with Crippen LogP contribution in [0, 0.1) is 0 Å². The van der Waals surface area contributed by atoms with E-state index in [9.17, 15) is 21.6 Å². The van der Waals surface area contributed by atoms with Gasteiger partial charge in [-0.15, -0.1) is 6.58 Å². The fourth-order valence-corrected chi connectivity index (χ4v) is 5.60. The number of alkyl halides is 3. The van der Waals surface area contributed by atoms with Gasteiger partial charge in [-0.3, -0.25) is 4.90 Å². The Hall–Kier alpha value is -2.36. The number of anilines is 1. The first-order chi connectivity index (χ1) is 14.1. The van der Waals surface area contributed by atoms with E-state index in [0.717, 1.165) is 12.1 Å². The summed E-state index contributed by atoms with van der Waals surface area (Å²) in [5, 5.41) is -1.16. The molecule has 0 amide bonds. The summed E-state index contributed by atoms with van der Waals surface area (Å²) in [7, 11) is -2.32. The van der Waals surface area contributed by atoms with Gasteiger partial charge < -0.3 is 10.6 Å². The molecule has 1 fully saturated rings. The van der Waals surface area contributed by atoms with Crippen molar-refractivity contribution < 1.29 is 21.6 Å². The minimum absolute atomic E-state index is 0.157. The molecule has 2 N–H and O–H groups in total.